The summed E-state index contributed by atoms with van der Waals surface area (Å²) in [6, 6.07) is 5.26. The lowest BCUT2D eigenvalue weighted by Gasteiger charge is -2.14. The van der Waals surface area contributed by atoms with Gasteiger partial charge in [0, 0.05) is 36.6 Å². The van der Waals surface area contributed by atoms with E-state index in [0.29, 0.717) is 12.0 Å². The number of halogens is 2. The zero-order valence-corrected chi connectivity index (χ0v) is 15.1. The van der Waals surface area contributed by atoms with Crippen molar-refractivity contribution in [3.8, 4) is 11.6 Å². The van der Waals surface area contributed by atoms with Crippen LogP contribution < -0.4 is 15.8 Å². The van der Waals surface area contributed by atoms with Gasteiger partial charge in [0.05, 0.1) is 12.4 Å². The zero-order valence-electron chi connectivity index (χ0n) is 15.1. The number of H-pyrrole nitrogens is 1. The van der Waals surface area contributed by atoms with Crippen molar-refractivity contribution in [1.29, 1.82) is 0 Å². The Balaban J connectivity index is 1.67. The lowest BCUT2D eigenvalue weighted by atomic mass is 10.1. The number of hydrogen-bond donors (Lipinski definition) is 3. The van der Waals surface area contributed by atoms with Crippen molar-refractivity contribution in [2.45, 2.75) is 25.9 Å². The van der Waals surface area contributed by atoms with E-state index in [1.807, 2.05) is 0 Å². The zero-order chi connectivity index (χ0) is 20.1. The number of pyridine rings is 1. The van der Waals surface area contributed by atoms with Crippen LogP contribution in [0.4, 0.5) is 8.78 Å². The van der Waals surface area contributed by atoms with Crippen LogP contribution in [0.2, 0.25) is 0 Å². The number of imidazole rings is 1. The van der Waals surface area contributed by atoms with Crippen molar-refractivity contribution in [3.63, 3.8) is 0 Å². The molecule has 1 amide bonds. The van der Waals surface area contributed by atoms with Crippen molar-refractivity contribution in [1.82, 2.24) is 20.3 Å². The first-order chi connectivity index (χ1) is 13.5. The van der Waals surface area contributed by atoms with Gasteiger partial charge in [0.25, 0.3) is 0 Å². The van der Waals surface area contributed by atoms with Gasteiger partial charge in [-0.05, 0) is 24.6 Å². The van der Waals surface area contributed by atoms with Crippen LogP contribution in [0.15, 0.2) is 43.0 Å². The molecule has 3 aromatic rings. The highest BCUT2D eigenvalue weighted by molar-refractivity contribution is 5.81. The molecule has 0 fully saturated rings. The molecule has 1 aromatic carbocycles. The number of aromatic amines is 1. The maximum absolute atomic E-state index is 14.1. The van der Waals surface area contributed by atoms with E-state index in [9.17, 15) is 13.6 Å². The highest BCUT2D eigenvalue weighted by Gasteiger charge is 2.17. The molecule has 2 heterocycles. The second kappa shape index (κ2) is 8.57. The summed E-state index contributed by atoms with van der Waals surface area (Å²) < 4.78 is 33.2. The first-order valence-corrected chi connectivity index (χ1v) is 8.52. The maximum Gasteiger partial charge on any atom is 0.237 e. The number of rotatable bonds is 7. The summed E-state index contributed by atoms with van der Waals surface area (Å²) in [7, 11) is 0. The molecule has 1 atom stereocenters. The van der Waals surface area contributed by atoms with E-state index >= 15 is 0 Å². The van der Waals surface area contributed by atoms with Gasteiger partial charge in [-0.3, -0.25) is 4.79 Å². The number of hydrogen-bond acceptors (Lipinski definition) is 5. The van der Waals surface area contributed by atoms with Crippen LogP contribution in [0.1, 0.15) is 16.8 Å². The van der Waals surface area contributed by atoms with Crippen molar-refractivity contribution in [3.05, 3.63) is 71.4 Å². The molecule has 0 saturated carbocycles. The number of amides is 1. The Morgan fingerprint density at radius 2 is 2.14 bits per heavy atom. The van der Waals surface area contributed by atoms with E-state index < -0.39 is 17.7 Å². The molecule has 146 valence electrons. The number of nitrogens with zero attached hydrogens (tertiary/aromatic N) is 2. The van der Waals surface area contributed by atoms with Crippen molar-refractivity contribution >= 4 is 5.91 Å². The summed E-state index contributed by atoms with van der Waals surface area (Å²) in [5.41, 5.74) is 7.29. The van der Waals surface area contributed by atoms with Gasteiger partial charge in [-0.25, -0.2) is 14.4 Å². The molecule has 0 unspecified atom stereocenters. The van der Waals surface area contributed by atoms with Gasteiger partial charge in [0.2, 0.25) is 17.6 Å². The van der Waals surface area contributed by atoms with E-state index in [2.05, 4.69) is 20.3 Å². The Kier molecular flexibility index (Phi) is 5.95. The Hall–Kier alpha value is -3.33. The predicted octanol–water partition coefficient (Wildman–Crippen LogP) is 2.37. The molecule has 7 nitrogen and oxygen atoms in total. The van der Waals surface area contributed by atoms with Gasteiger partial charge in [-0.1, -0.05) is 12.1 Å². The number of nitrogens with two attached hydrogens (primary N) is 1. The number of aromatic nitrogens is 3. The fourth-order valence-corrected chi connectivity index (χ4v) is 2.50. The van der Waals surface area contributed by atoms with Crippen LogP contribution in [0, 0.1) is 18.6 Å². The maximum atomic E-state index is 14.1. The number of aryl methyl sites for hydroxylation is 1. The molecule has 2 aromatic heterocycles. The van der Waals surface area contributed by atoms with Crippen molar-refractivity contribution in [2.24, 2.45) is 5.73 Å². The normalized spacial score (nSPS) is 11.9. The van der Waals surface area contributed by atoms with E-state index in [-0.39, 0.29) is 29.6 Å². The average Bonchev–Trinajstić information content (AvgIpc) is 3.20. The molecule has 4 N–H and O–H groups in total. The first-order valence-electron chi connectivity index (χ1n) is 8.52. The molecule has 0 saturated heterocycles. The van der Waals surface area contributed by atoms with Crippen LogP contribution in [0.3, 0.4) is 0 Å². The molecule has 0 bridgehead atoms. The summed E-state index contributed by atoms with van der Waals surface area (Å²) >= 11 is 0. The number of carbonyl (C=O) groups excluding carboxylic acids is 1. The van der Waals surface area contributed by atoms with Gasteiger partial charge in [-0.15, -0.1) is 0 Å². The summed E-state index contributed by atoms with van der Waals surface area (Å²) in [4.78, 5) is 23.0. The van der Waals surface area contributed by atoms with E-state index in [1.54, 1.807) is 18.3 Å². The van der Waals surface area contributed by atoms with Crippen LogP contribution in [-0.2, 0) is 17.8 Å². The molecular weight excluding hydrogens is 368 g/mol. The minimum Gasteiger partial charge on any atom is -0.435 e. The Labute approximate surface area is 160 Å². The third-order valence-corrected chi connectivity index (χ3v) is 4.08. The summed E-state index contributed by atoms with van der Waals surface area (Å²) in [5, 5.41) is 2.69. The molecule has 0 aliphatic carbocycles. The number of nitrogens with one attached hydrogen (secondary N) is 2. The minimum absolute atomic E-state index is 0.0621. The van der Waals surface area contributed by atoms with Gasteiger partial charge in [0.15, 0.2) is 11.6 Å². The molecule has 0 radical (unpaired) electrons. The molecule has 0 spiro atoms. The van der Waals surface area contributed by atoms with Gasteiger partial charge >= 0.3 is 0 Å². The van der Waals surface area contributed by atoms with Crippen LogP contribution in [0.25, 0.3) is 0 Å². The molecule has 0 aliphatic heterocycles. The number of carbonyl (C=O) groups is 1. The summed E-state index contributed by atoms with van der Waals surface area (Å²) in [6.45, 7) is 1.52. The van der Waals surface area contributed by atoms with E-state index in [0.717, 1.165) is 5.69 Å². The van der Waals surface area contributed by atoms with E-state index in [1.165, 1.54) is 31.6 Å². The third-order valence-electron chi connectivity index (χ3n) is 4.08. The standard InChI is InChI=1S/C19H19F2N5O2/c1-11-4-5-15(17(21)16(11)20)28-19-12(3-2-6-24-19)8-25-18(27)14(22)7-13-9-23-10-26-13/h2-6,9-10,14H,7-8,22H2,1H3,(H,23,26)(H,25,27)/t14-/m0/s1. The van der Waals surface area contributed by atoms with Gasteiger partial charge < -0.3 is 20.8 Å². The second-order valence-electron chi connectivity index (χ2n) is 6.18. The highest BCUT2D eigenvalue weighted by atomic mass is 19.2. The molecular formula is C19H19F2N5O2. The van der Waals surface area contributed by atoms with Gasteiger partial charge in [0.1, 0.15) is 0 Å². The summed E-state index contributed by atoms with van der Waals surface area (Å²) in [6.07, 6.45) is 4.85. The van der Waals surface area contributed by atoms with Gasteiger partial charge in [-0.2, -0.15) is 4.39 Å². The lowest BCUT2D eigenvalue weighted by Crippen LogP contribution is -2.41. The first kappa shape index (κ1) is 19.4. The molecule has 3 rings (SSSR count). The molecule has 9 heteroatoms. The quantitative estimate of drug-likeness (QED) is 0.577. The topological polar surface area (TPSA) is 106 Å². The smallest absolute Gasteiger partial charge is 0.237 e. The molecule has 0 aliphatic rings. The van der Waals surface area contributed by atoms with Crippen molar-refractivity contribution in [2.75, 3.05) is 0 Å². The van der Waals surface area contributed by atoms with Crippen molar-refractivity contribution < 1.29 is 18.3 Å². The highest BCUT2D eigenvalue weighted by Crippen LogP contribution is 2.28. The SMILES string of the molecule is Cc1ccc(Oc2ncccc2CNC(=O)[C@@H](N)Cc2cnc[nH]2)c(F)c1F. The van der Waals surface area contributed by atoms with E-state index in [4.69, 9.17) is 10.5 Å². The Morgan fingerprint density at radius 3 is 2.89 bits per heavy atom. The fraction of sp³-hybridized carbons (Fsp3) is 0.211. The fourth-order valence-electron chi connectivity index (χ4n) is 2.50. The number of ether oxygens (including phenoxy) is 1. The predicted molar refractivity (Wildman–Crippen MR) is 97.5 cm³/mol. The largest absolute Gasteiger partial charge is 0.435 e. The Bertz CT molecular complexity index is 963. The average molecular weight is 387 g/mol. The minimum atomic E-state index is -1.10. The molecule has 28 heavy (non-hydrogen) atoms. The summed E-state index contributed by atoms with van der Waals surface area (Å²) in [5.74, 6) is -2.68. The van der Waals surface area contributed by atoms with Crippen LogP contribution in [-0.4, -0.2) is 26.9 Å². The monoisotopic (exact) mass is 387 g/mol. The van der Waals surface area contributed by atoms with Crippen LogP contribution in [0.5, 0.6) is 11.6 Å². The third kappa shape index (κ3) is 4.49. The number of benzene rings is 1. The van der Waals surface area contributed by atoms with Crippen LogP contribution >= 0.6 is 0 Å². The Morgan fingerprint density at radius 1 is 1.32 bits per heavy atom. The second-order valence-corrected chi connectivity index (χ2v) is 6.18. The lowest BCUT2D eigenvalue weighted by molar-refractivity contribution is -0.122.